The summed E-state index contributed by atoms with van der Waals surface area (Å²) in [6.07, 6.45) is -0.0667. The minimum atomic E-state index is -1.29. The van der Waals surface area contributed by atoms with E-state index >= 15 is 0 Å². The Hall–Kier alpha value is -3.07. The molecule has 0 spiro atoms. The molecule has 3 amide bonds. The Morgan fingerprint density at radius 1 is 1.23 bits per heavy atom. The number of hydrogen-bond donors (Lipinski definition) is 3. The van der Waals surface area contributed by atoms with Gasteiger partial charge in [0, 0.05) is 5.03 Å². The van der Waals surface area contributed by atoms with Crippen LogP contribution in [0.3, 0.4) is 0 Å². The van der Waals surface area contributed by atoms with E-state index in [1.807, 2.05) is 0 Å². The van der Waals surface area contributed by atoms with E-state index in [1.54, 1.807) is 51.1 Å². The number of fused-ring (bicyclic) bond motifs is 1. The molecule has 1 saturated heterocycles. The lowest BCUT2D eigenvalue weighted by Gasteiger charge is -2.49. The monoisotopic (exact) mass is 449 g/mol. The van der Waals surface area contributed by atoms with Crippen molar-refractivity contribution >= 4 is 35.5 Å². The molecule has 0 saturated carbocycles. The smallest absolute Gasteiger partial charge is 0.408 e. The number of carbonyl (C=O) groups is 4. The molecule has 3 N–H and O–H groups in total. The lowest BCUT2D eigenvalue weighted by atomic mass is 9.86. The van der Waals surface area contributed by atoms with Crippen molar-refractivity contribution < 1.29 is 29.0 Å². The third-order valence-corrected chi connectivity index (χ3v) is 5.30. The number of β-lactam (4-membered cyclic amide) rings is 1. The summed E-state index contributed by atoms with van der Waals surface area (Å²) in [4.78, 5) is 50.5. The minimum Gasteiger partial charge on any atom is -0.477 e. The average molecular weight is 450 g/mol. The third kappa shape index (κ3) is 4.82. The molecule has 0 aliphatic carbocycles. The molecule has 3 rings (SSSR count). The number of hydrogen-bond acceptors (Lipinski definition) is 5. The molecule has 31 heavy (non-hydrogen) atoms. The highest BCUT2D eigenvalue weighted by Gasteiger charge is 2.53. The lowest BCUT2D eigenvalue weighted by molar-refractivity contribution is -0.156. The first-order chi connectivity index (χ1) is 14.5. The number of rotatable bonds is 5. The van der Waals surface area contributed by atoms with Crippen LogP contribution in [0.1, 0.15) is 45.2 Å². The van der Waals surface area contributed by atoms with Crippen LogP contribution in [0.4, 0.5) is 4.79 Å². The van der Waals surface area contributed by atoms with Gasteiger partial charge in [0.2, 0.25) is 5.91 Å². The second-order valence-corrected chi connectivity index (χ2v) is 8.81. The van der Waals surface area contributed by atoms with Crippen LogP contribution in [-0.2, 0) is 19.1 Å². The number of carboxylic acids is 1. The van der Waals surface area contributed by atoms with Crippen LogP contribution >= 0.6 is 11.6 Å². The van der Waals surface area contributed by atoms with Crippen molar-refractivity contribution in [2.45, 2.75) is 57.3 Å². The number of ether oxygens (including phenoxy) is 1. The first kappa shape index (κ1) is 22.6. The molecule has 1 aromatic carbocycles. The van der Waals surface area contributed by atoms with Crippen LogP contribution in [0.5, 0.6) is 0 Å². The molecule has 2 aliphatic heterocycles. The number of carboxylic acid groups (broad SMARTS) is 1. The molecule has 0 aromatic heterocycles. The standard InChI is InChI=1S/C21H24ClN3O6/c1-21(2,3)31-20(30)24-14(11-7-5-4-6-8-11)17(26)23-15-13-10-9-12(22)16(19(28)29)25(13)18(15)27/h4-8,13-15H,9-10H2,1-3H3,(H,23,26)(H,24,30)(H,28,29)/t13-,14?,15-/m1/s1. The van der Waals surface area contributed by atoms with E-state index in [2.05, 4.69) is 10.6 Å². The van der Waals surface area contributed by atoms with Crippen LogP contribution in [0, 0.1) is 0 Å². The number of carbonyl (C=O) groups excluding carboxylic acids is 3. The van der Waals surface area contributed by atoms with Crippen LogP contribution in [-0.4, -0.2) is 51.6 Å². The molecule has 166 valence electrons. The van der Waals surface area contributed by atoms with Gasteiger partial charge in [0.15, 0.2) is 0 Å². The lowest BCUT2D eigenvalue weighted by Crippen LogP contribution is -2.72. The Balaban J connectivity index is 1.76. The number of allylic oxidation sites excluding steroid dienone is 1. The van der Waals surface area contributed by atoms with Gasteiger partial charge in [-0.2, -0.15) is 0 Å². The molecule has 2 heterocycles. The van der Waals surface area contributed by atoms with E-state index in [0.717, 1.165) is 4.90 Å². The molecule has 1 fully saturated rings. The largest absolute Gasteiger partial charge is 0.477 e. The van der Waals surface area contributed by atoms with Gasteiger partial charge in [-0.3, -0.25) is 14.5 Å². The molecule has 3 atom stereocenters. The number of alkyl carbamates (subject to hydrolysis) is 1. The van der Waals surface area contributed by atoms with Crippen molar-refractivity contribution in [2.24, 2.45) is 0 Å². The minimum absolute atomic E-state index is 0.107. The summed E-state index contributed by atoms with van der Waals surface area (Å²) in [5.74, 6) is -2.45. The van der Waals surface area contributed by atoms with Crippen molar-refractivity contribution in [1.29, 1.82) is 0 Å². The van der Waals surface area contributed by atoms with Gasteiger partial charge in [-0.15, -0.1) is 0 Å². The Bertz CT molecular complexity index is 940. The van der Waals surface area contributed by atoms with Gasteiger partial charge >= 0.3 is 12.1 Å². The Kier molecular flexibility index (Phi) is 6.26. The van der Waals surface area contributed by atoms with Crippen LogP contribution in [0.2, 0.25) is 0 Å². The highest BCUT2D eigenvalue weighted by molar-refractivity contribution is 6.32. The first-order valence-corrected chi connectivity index (χ1v) is 10.2. The van der Waals surface area contributed by atoms with Crippen molar-refractivity contribution in [1.82, 2.24) is 15.5 Å². The predicted molar refractivity (Wildman–Crippen MR) is 111 cm³/mol. The van der Waals surface area contributed by atoms with Gasteiger partial charge in [0.05, 0.1) is 6.04 Å². The molecule has 9 nitrogen and oxygen atoms in total. The number of amides is 3. The number of nitrogens with one attached hydrogen (secondary N) is 2. The Morgan fingerprint density at radius 3 is 2.45 bits per heavy atom. The van der Waals surface area contributed by atoms with Gasteiger partial charge in [-0.25, -0.2) is 9.59 Å². The maximum absolute atomic E-state index is 13.0. The predicted octanol–water partition coefficient (Wildman–Crippen LogP) is 2.28. The summed E-state index contributed by atoms with van der Waals surface area (Å²) in [7, 11) is 0. The maximum atomic E-state index is 13.0. The third-order valence-electron chi connectivity index (χ3n) is 4.93. The first-order valence-electron chi connectivity index (χ1n) is 9.79. The van der Waals surface area contributed by atoms with Crippen molar-refractivity contribution in [3.8, 4) is 0 Å². The summed E-state index contributed by atoms with van der Waals surface area (Å²) in [5, 5.41) is 14.7. The summed E-state index contributed by atoms with van der Waals surface area (Å²) in [5.41, 5.74) is -0.500. The quantitative estimate of drug-likeness (QED) is 0.592. The van der Waals surface area contributed by atoms with E-state index in [0.29, 0.717) is 18.4 Å². The number of nitrogens with zero attached hydrogens (tertiary/aromatic N) is 1. The molecular formula is C21H24ClN3O6. The van der Waals surface area contributed by atoms with E-state index in [4.69, 9.17) is 16.3 Å². The SMILES string of the molecule is CC(C)(C)OC(=O)NC(C(=O)N[C@H]1C(=O)N2C(C(=O)O)=C(Cl)CC[C@H]12)c1ccccc1. The van der Waals surface area contributed by atoms with E-state index in [1.165, 1.54) is 0 Å². The fourth-order valence-corrected chi connectivity index (χ4v) is 3.91. The number of aliphatic carboxylic acids is 1. The second-order valence-electron chi connectivity index (χ2n) is 8.35. The van der Waals surface area contributed by atoms with Crippen molar-refractivity contribution in [3.63, 3.8) is 0 Å². The highest BCUT2D eigenvalue weighted by Crippen LogP contribution is 2.38. The van der Waals surface area contributed by atoms with Crippen LogP contribution in [0.25, 0.3) is 0 Å². The van der Waals surface area contributed by atoms with Crippen molar-refractivity contribution in [2.75, 3.05) is 0 Å². The topological polar surface area (TPSA) is 125 Å². The van der Waals surface area contributed by atoms with E-state index in [9.17, 15) is 24.3 Å². The summed E-state index contributed by atoms with van der Waals surface area (Å²) < 4.78 is 5.25. The van der Waals surface area contributed by atoms with Crippen LogP contribution in [0.15, 0.2) is 41.1 Å². The zero-order valence-electron chi connectivity index (χ0n) is 17.3. The average Bonchev–Trinajstić information content (AvgIpc) is 2.69. The van der Waals surface area contributed by atoms with Gasteiger partial charge in [0.25, 0.3) is 5.91 Å². The molecule has 2 aliphatic rings. The van der Waals surface area contributed by atoms with Gasteiger partial charge in [-0.1, -0.05) is 41.9 Å². The summed E-state index contributed by atoms with van der Waals surface area (Å²) in [6.45, 7) is 5.11. The second kappa shape index (κ2) is 8.58. The van der Waals surface area contributed by atoms with Gasteiger partial charge < -0.3 is 20.5 Å². The van der Waals surface area contributed by atoms with Crippen LogP contribution < -0.4 is 10.6 Å². The fourth-order valence-electron chi connectivity index (χ4n) is 3.63. The van der Waals surface area contributed by atoms with Gasteiger partial charge in [-0.05, 0) is 39.2 Å². The summed E-state index contributed by atoms with van der Waals surface area (Å²) in [6, 6.07) is 6.03. The molecule has 10 heteroatoms. The number of benzene rings is 1. The molecule has 0 radical (unpaired) electrons. The van der Waals surface area contributed by atoms with Gasteiger partial charge in [0.1, 0.15) is 23.4 Å². The molecular weight excluding hydrogens is 426 g/mol. The fraction of sp³-hybridized carbons (Fsp3) is 0.429. The molecule has 1 aromatic rings. The highest BCUT2D eigenvalue weighted by atomic mass is 35.5. The zero-order valence-corrected chi connectivity index (χ0v) is 18.1. The maximum Gasteiger partial charge on any atom is 0.408 e. The number of halogens is 1. The van der Waals surface area contributed by atoms with E-state index in [-0.39, 0.29) is 10.7 Å². The Labute approximate surface area is 184 Å². The zero-order chi connectivity index (χ0) is 22.9. The molecule has 0 bridgehead atoms. The Morgan fingerprint density at radius 2 is 1.87 bits per heavy atom. The summed E-state index contributed by atoms with van der Waals surface area (Å²) >= 11 is 5.99. The van der Waals surface area contributed by atoms with Crippen molar-refractivity contribution in [3.05, 3.63) is 46.6 Å². The normalized spacial score (nSPS) is 21.5. The molecule has 1 unspecified atom stereocenters. The van der Waals surface area contributed by atoms with E-state index < -0.39 is 47.6 Å².